The predicted octanol–water partition coefficient (Wildman–Crippen LogP) is 3.34. The lowest BCUT2D eigenvalue weighted by Crippen LogP contribution is -2.15. The molecule has 0 spiro atoms. The van der Waals surface area contributed by atoms with Crippen LogP contribution in [0.5, 0.6) is 0 Å². The minimum absolute atomic E-state index is 0.0548. The topological polar surface area (TPSA) is 66.9 Å². The fraction of sp³-hybridized carbons (Fsp3) is 0.214. The molecule has 0 radical (unpaired) electrons. The molecule has 1 heterocycles. The van der Waals surface area contributed by atoms with Crippen LogP contribution < -0.4 is 10.6 Å². The first-order valence-electron chi connectivity index (χ1n) is 6.42. The van der Waals surface area contributed by atoms with E-state index in [0.717, 1.165) is 13.0 Å². The number of hydrogen-bond donors (Lipinski definition) is 2. The van der Waals surface area contributed by atoms with Gasteiger partial charge in [-0.1, -0.05) is 18.5 Å². The van der Waals surface area contributed by atoms with Crippen LogP contribution in [0.4, 0.5) is 15.9 Å². The average molecular weight is 309 g/mol. The maximum atomic E-state index is 13.1. The molecule has 2 rings (SSSR count). The number of benzene rings is 1. The molecule has 0 aliphatic rings. The van der Waals surface area contributed by atoms with Gasteiger partial charge in [0, 0.05) is 18.3 Å². The van der Waals surface area contributed by atoms with Crippen molar-refractivity contribution >= 4 is 29.0 Å². The van der Waals surface area contributed by atoms with E-state index < -0.39 is 11.7 Å². The second kappa shape index (κ2) is 6.99. The fourth-order valence-electron chi connectivity index (χ4n) is 1.60. The summed E-state index contributed by atoms with van der Waals surface area (Å²) in [5, 5.41) is 5.61. The number of hydrogen-bond acceptors (Lipinski definition) is 4. The summed E-state index contributed by atoms with van der Waals surface area (Å²) in [6.45, 7) is 2.78. The lowest BCUT2D eigenvalue weighted by Gasteiger charge is -2.07. The molecular weight excluding hydrogens is 295 g/mol. The Morgan fingerprint density at radius 3 is 2.86 bits per heavy atom. The molecule has 0 fully saturated rings. The molecule has 21 heavy (non-hydrogen) atoms. The minimum atomic E-state index is -0.539. The second-order valence-electron chi connectivity index (χ2n) is 4.30. The van der Waals surface area contributed by atoms with Crippen molar-refractivity contribution < 1.29 is 9.18 Å². The Labute approximate surface area is 126 Å². The van der Waals surface area contributed by atoms with E-state index in [9.17, 15) is 9.18 Å². The highest BCUT2D eigenvalue weighted by molar-refractivity contribution is 6.31. The number of aromatic nitrogens is 2. The van der Waals surface area contributed by atoms with Crippen LogP contribution in [0.15, 0.2) is 30.6 Å². The highest BCUT2D eigenvalue weighted by atomic mass is 35.5. The number of carbonyl (C=O) groups excluding carboxylic acids is 1. The number of nitrogens with zero attached hydrogens (tertiary/aromatic N) is 2. The number of carbonyl (C=O) groups is 1. The molecule has 2 aromatic rings. The van der Waals surface area contributed by atoms with Gasteiger partial charge in [0.25, 0.3) is 5.91 Å². The van der Waals surface area contributed by atoms with E-state index in [2.05, 4.69) is 20.6 Å². The first kappa shape index (κ1) is 15.2. The summed E-state index contributed by atoms with van der Waals surface area (Å²) in [5.41, 5.74) is 0.608. The van der Waals surface area contributed by atoms with Crippen LogP contribution in [0, 0.1) is 5.82 Å². The smallest absolute Gasteiger partial charge is 0.274 e. The molecule has 1 aromatic carbocycles. The van der Waals surface area contributed by atoms with E-state index >= 15 is 0 Å². The Kier molecular flexibility index (Phi) is 5.05. The molecule has 5 nitrogen and oxygen atoms in total. The summed E-state index contributed by atoms with van der Waals surface area (Å²) >= 11 is 5.66. The van der Waals surface area contributed by atoms with Gasteiger partial charge in [0.1, 0.15) is 23.7 Å². The highest BCUT2D eigenvalue weighted by Gasteiger charge is 2.10. The zero-order valence-corrected chi connectivity index (χ0v) is 12.1. The number of rotatable bonds is 5. The standard InChI is InChI=1S/C14H14ClFN4O/c1-2-5-17-13-7-12(18-8-19-13)14(21)20-9-3-4-11(16)10(15)6-9/h3-4,6-8H,2,5H2,1H3,(H,20,21)(H,17,18,19). The number of halogens is 2. The Bertz CT molecular complexity index is 651. The zero-order chi connectivity index (χ0) is 15.2. The molecule has 7 heteroatoms. The van der Waals surface area contributed by atoms with Crippen molar-refractivity contribution in [2.45, 2.75) is 13.3 Å². The summed E-state index contributed by atoms with van der Waals surface area (Å²) in [6.07, 6.45) is 2.25. The predicted molar refractivity (Wildman–Crippen MR) is 80.2 cm³/mol. The molecule has 0 saturated carbocycles. The van der Waals surface area contributed by atoms with Crippen LogP contribution in [0.2, 0.25) is 5.02 Å². The Morgan fingerprint density at radius 2 is 2.14 bits per heavy atom. The summed E-state index contributed by atoms with van der Waals surface area (Å²) in [4.78, 5) is 20.0. The molecule has 0 bridgehead atoms. The summed E-state index contributed by atoms with van der Waals surface area (Å²) in [7, 11) is 0. The van der Waals surface area contributed by atoms with Crippen molar-refractivity contribution in [2.75, 3.05) is 17.2 Å². The van der Waals surface area contributed by atoms with Crippen LogP contribution in [-0.2, 0) is 0 Å². The van der Waals surface area contributed by atoms with Gasteiger partial charge in [0.05, 0.1) is 5.02 Å². The fourth-order valence-corrected chi connectivity index (χ4v) is 1.78. The SMILES string of the molecule is CCCNc1cc(C(=O)Nc2ccc(F)c(Cl)c2)ncn1. The molecule has 1 amide bonds. The Hall–Kier alpha value is -2.21. The van der Waals surface area contributed by atoms with E-state index in [1.54, 1.807) is 6.07 Å². The molecule has 2 N–H and O–H groups in total. The van der Waals surface area contributed by atoms with Crippen LogP contribution in [0.3, 0.4) is 0 Å². The molecular formula is C14H14ClFN4O. The monoisotopic (exact) mass is 308 g/mol. The van der Waals surface area contributed by atoms with E-state index in [4.69, 9.17) is 11.6 Å². The van der Waals surface area contributed by atoms with Gasteiger partial charge in [-0.15, -0.1) is 0 Å². The van der Waals surface area contributed by atoms with Crippen molar-refractivity contribution in [3.63, 3.8) is 0 Å². The second-order valence-corrected chi connectivity index (χ2v) is 4.71. The van der Waals surface area contributed by atoms with E-state index in [-0.39, 0.29) is 10.7 Å². The van der Waals surface area contributed by atoms with Gasteiger partial charge in [-0.05, 0) is 24.6 Å². The van der Waals surface area contributed by atoms with Gasteiger partial charge in [0.15, 0.2) is 0 Å². The van der Waals surface area contributed by atoms with Crippen molar-refractivity contribution in [1.29, 1.82) is 0 Å². The highest BCUT2D eigenvalue weighted by Crippen LogP contribution is 2.19. The zero-order valence-electron chi connectivity index (χ0n) is 11.4. The van der Waals surface area contributed by atoms with E-state index in [1.165, 1.54) is 24.5 Å². The van der Waals surface area contributed by atoms with Gasteiger partial charge in [-0.3, -0.25) is 4.79 Å². The van der Waals surface area contributed by atoms with E-state index in [0.29, 0.717) is 11.5 Å². The lowest BCUT2D eigenvalue weighted by molar-refractivity contribution is 0.102. The third kappa shape index (κ3) is 4.13. The molecule has 0 atom stereocenters. The van der Waals surface area contributed by atoms with Gasteiger partial charge >= 0.3 is 0 Å². The number of nitrogens with one attached hydrogen (secondary N) is 2. The molecule has 0 aliphatic carbocycles. The third-order valence-corrected chi connectivity index (χ3v) is 2.92. The maximum absolute atomic E-state index is 13.1. The molecule has 0 saturated heterocycles. The molecule has 1 aromatic heterocycles. The van der Waals surface area contributed by atoms with Crippen LogP contribution >= 0.6 is 11.6 Å². The quantitative estimate of drug-likeness (QED) is 0.889. The van der Waals surface area contributed by atoms with Crippen LogP contribution in [0.25, 0.3) is 0 Å². The average Bonchev–Trinajstić information content (AvgIpc) is 2.49. The van der Waals surface area contributed by atoms with Crippen LogP contribution in [0.1, 0.15) is 23.8 Å². The molecule has 0 unspecified atom stereocenters. The Morgan fingerprint density at radius 1 is 1.33 bits per heavy atom. The van der Waals surface area contributed by atoms with Gasteiger partial charge < -0.3 is 10.6 Å². The van der Waals surface area contributed by atoms with Gasteiger partial charge in [0.2, 0.25) is 0 Å². The van der Waals surface area contributed by atoms with E-state index in [1.807, 2.05) is 6.92 Å². The van der Waals surface area contributed by atoms with Crippen LogP contribution in [-0.4, -0.2) is 22.4 Å². The first-order valence-corrected chi connectivity index (χ1v) is 6.80. The third-order valence-electron chi connectivity index (χ3n) is 2.63. The van der Waals surface area contributed by atoms with Crippen molar-refractivity contribution in [3.05, 3.63) is 47.1 Å². The maximum Gasteiger partial charge on any atom is 0.274 e. The molecule has 0 aliphatic heterocycles. The first-order chi connectivity index (χ1) is 10.1. The largest absolute Gasteiger partial charge is 0.370 e. The van der Waals surface area contributed by atoms with Crippen molar-refractivity contribution in [2.24, 2.45) is 0 Å². The minimum Gasteiger partial charge on any atom is -0.370 e. The Balaban J connectivity index is 2.10. The van der Waals surface area contributed by atoms with Crippen molar-refractivity contribution in [1.82, 2.24) is 9.97 Å². The number of anilines is 2. The number of amides is 1. The molecule has 110 valence electrons. The normalized spacial score (nSPS) is 10.2. The summed E-state index contributed by atoms with van der Waals surface area (Å²) < 4.78 is 13.1. The van der Waals surface area contributed by atoms with Gasteiger partial charge in [-0.25, -0.2) is 14.4 Å². The lowest BCUT2D eigenvalue weighted by atomic mass is 10.3. The summed E-state index contributed by atoms with van der Waals surface area (Å²) in [6, 6.07) is 5.51. The van der Waals surface area contributed by atoms with Crippen molar-refractivity contribution in [3.8, 4) is 0 Å². The van der Waals surface area contributed by atoms with Gasteiger partial charge in [-0.2, -0.15) is 0 Å². The summed E-state index contributed by atoms with van der Waals surface area (Å²) in [5.74, 6) is -0.378.